The highest BCUT2D eigenvalue weighted by Crippen LogP contribution is 1.94. The Kier molecular flexibility index (Phi) is 8.32. The van der Waals surface area contributed by atoms with Gasteiger partial charge in [-0.2, -0.15) is 0 Å². The van der Waals surface area contributed by atoms with E-state index in [1.54, 1.807) is 0 Å². The Bertz CT molecular complexity index is 269. The molecule has 2 atom stereocenters. The highest BCUT2D eigenvalue weighted by molar-refractivity contribution is 5.83. The molecule has 6 heteroatoms. The summed E-state index contributed by atoms with van der Waals surface area (Å²) in [5, 5.41) is 5.78. The number of nitrogens with zero attached hydrogens (tertiary/aromatic N) is 1. The van der Waals surface area contributed by atoms with E-state index in [0.29, 0.717) is 6.54 Å². The lowest BCUT2D eigenvalue weighted by Crippen LogP contribution is -2.49. The Labute approximate surface area is 109 Å². The third-order valence-electron chi connectivity index (χ3n) is 2.54. The number of methoxy groups -OCH3 is 1. The van der Waals surface area contributed by atoms with Crippen LogP contribution in [0.4, 0.5) is 0 Å². The molecule has 0 aromatic carbocycles. The number of hydrogen-bond acceptors (Lipinski definition) is 5. The molecule has 1 amide bonds. The smallest absolute Gasteiger partial charge is 0.329 e. The van der Waals surface area contributed by atoms with Crippen molar-refractivity contribution in [1.29, 1.82) is 0 Å². The molecule has 0 fully saturated rings. The van der Waals surface area contributed by atoms with Gasteiger partial charge in [0.05, 0.1) is 7.11 Å². The summed E-state index contributed by atoms with van der Waals surface area (Å²) in [6.45, 7) is 4.77. The zero-order chi connectivity index (χ0) is 14.1. The molecule has 0 aliphatic carbocycles. The maximum Gasteiger partial charge on any atom is 0.329 e. The quantitative estimate of drug-likeness (QED) is 0.580. The van der Waals surface area contributed by atoms with E-state index in [1.807, 2.05) is 21.0 Å². The SMILES string of the molecule is COC(=O)C(CNC(C)CCN(C)C)NC(C)=O. The van der Waals surface area contributed by atoms with Crippen LogP contribution in [0.2, 0.25) is 0 Å². The van der Waals surface area contributed by atoms with Crippen molar-refractivity contribution in [2.45, 2.75) is 32.4 Å². The molecular formula is C12H25N3O3. The van der Waals surface area contributed by atoms with E-state index >= 15 is 0 Å². The fraction of sp³-hybridized carbons (Fsp3) is 0.833. The van der Waals surface area contributed by atoms with Crippen LogP contribution in [-0.4, -0.2) is 63.2 Å². The normalized spacial score (nSPS) is 14.1. The van der Waals surface area contributed by atoms with E-state index in [1.165, 1.54) is 14.0 Å². The monoisotopic (exact) mass is 259 g/mol. The molecule has 0 heterocycles. The minimum atomic E-state index is -0.630. The summed E-state index contributed by atoms with van der Waals surface area (Å²) in [5.41, 5.74) is 0. The Morgan fingerprint density at radius 2 is 1.94 bits per heavy atom. The molecule has 0 saturated heterocycles. The molecule has 6 nitrogen and oxygen atoms in total. The lowest BCUT2D eigenvalue weighted by Gasteiger charge is -2.20. The molecule has 2 unspecified atom stereocenters. The van der Waals surface area contributed by atoms with Crippen molar-refractivity contribution in [1.82, 2.24) is 15.5 Å². The fourth-order valence-corrected chi connectivity index (χ4v) is 1.45. The lowest BCUT2D eigenvalue weighted by molar-refractivity contribution is -0.144. The summed E-state index contributed by atoms with van der Waals surface area (Å²) in [4.78, 5) is 24.5. The van der Waals surface area contributed by atoms with Crippen molar-refractivity contribution in [3.63, 3.8) is 0 Å². The van der Waals surface area contributed by atoms with Gasteiger partial charge < -0.3 is 20.3 Å². The Balaban J connectivity index is 4.09. The fourth-order valence-electron chi connectivity index (χ4n) is 1.45. The van der Waals surface area contributed by atoms with E-state index in [2.05, 4.69) is 20.3 Å². The second-order valence-corrected chi connectivity index (χ2v) is 4.68. The summed E-state index contributed by atoms with van der Waals surface area (Å²) >= 11 is 0. The van der Waals surface area contributed by atoms with Crippen molar-refractivity contribution in [2.24, 2.45) is 0 Å². The van der Waals surface area contributed by atoms with Gasteiger partial charge in [0.1, 0.15) is 6.04 Å². The van der Waals surface area contributed by atoms with Crippen LogP contribution < -0.4 is 10.6 Å². The zero-order valence-corrected chi connectivity index (χ0v) is 11.9. The number of amides is 1. The first-order valence-corrected chi connectivity index (χ1v) is 6.09. The van der Waals surface area contributed by atoms with Gasteiger partial charge in [-0.1, -0.05) is 0 Å². The maximum absolute atomic E-state index is 11.4. The minimum absolute atomic E-state index is 0.242. The molecule has 0 aromatic rings. The zero-order valence-electron chi connectivity index (χ0n) is 11.9. The average Bonchev–Trinajstić information content (AvgIpc) is 2.30. The predicted molar refractivity (Wildman–Crippen MR) is 70.3 cm³/mol. The third kappa shape index (κ3) is 8.03. The average molecular weight is 259 g/mol. The van der Waals surface area contributed by atoms with Crippen LogP contribution in [0.15, 0.2) is 0 Å². The number of ether oxygens (including phenoxy) is 1. The first-order chi connectivity index (χ1) is 8.36. The summed E-state index contributed by atoms with van der Waals surface area (Å²) < 4.78 is 4.64. The third-order valence-corrected chi connectivity index (χ3v) is 2.54. The second kappa shape index (κ2) is 8.88. The summed E-state index contributed by atoms with van der Waals surface area (Å²) in [6.07, 6.45) is 0.973. The van der Waals surface area contributed by atoms with E-state index in [4.69, 9.17) is 0 Å². The van der Waals surface area contributed by atoms with Crippen molar-refractivity contribution >= 4 is 11.9 Å². The van der Waals surface area contributed by atoms with E-state index in [-0.39, 0.29) is 11.9 Å². The number of carbonyl (C=O) groups is 2. The van der Waals surface area contributed by atoms with Gasteiger partial charge in [0, 0.05) is 19.5 Å². The molecule has 106 valence electrons. The molecule has 0 aromatic heterocycles. The molecule has 0 aliphatic rings. The topological polar surface area (TPSA) is 70.7 Å². The number of hydrogen-bond donors (Lipinski definition) is 2. The van der Waals surface area contributed by atoms with Gasteiger partial charge in [0.2, 0.25) is 5.91 Å². The summed E-state index contributed by atoms with van der Waals surface area (Å²) in [6, 6.07) is -0.359. The summed E-state index contributed by atoms with van der Waals surface area (Å²) in [5.74, 6) is -0.675. The molecule has 0 aliphatic heterocycles. The van der Waals surface area contributed by atoms with Gasteiger partial charge in [-0.25, -0.2) is 4.79 Å². The minimum Gasteiger partial charge on any atom is -0.467 e. The van der Waals surface area contributed by atoms with Crippen molar-refractivity contribution < 1.29 is 14.3 Å². The van der Waals surface area contributed by atoms with E-state index < -0.39 is 12.0 Å². The van der Waals surface area contributed by atoms with Crippen molar-refractivity contribution in [2.75, 3.05) is 34.3 Å². The van der Waals surface area contributed by atoms with Crippen LogP contribution >= 0.6 is 0 Å². The molecule has 0 radical (unpaired) electrons. The molecule has 0 bridgehead atoms. The number of carbonyl (C=O) groups excluding carboxylic acids is 2. The largest absolute Gasteiger partial charge is 0.467 e. The maximum atomic E-state index is 11.4. The van der Waals surface area contributed by atoms with Gasteiger partial charge in [-0.15, -0.1) is 0 Å². The van der Waals surface area contributed by atoms with Crippen LogP contribution in [0.3, 0.4) is 0 Å². The van der Waals surface area contributed by atoms with E-state index in [0.717, 1.165) is 13.0 Å². The molecule has 2 N–H and O–H groups in total. The first-order valence-electron chi connectivity index (χ1n) is 6.09. The Hall–Kier alpha value is -1.14. The van der Waals surface area contributed by atoms with Crippen molar-refractivity contribution in [3.8, 4) is 0 Å². The van der Waals surface area contributed by atoms with Gasteiger partial charge in [0.15, 0.2) is 0 Å². The standard InChI is InChI=1S/C12H25N3O3/c1-9(6-7-15(3)4)13-8-11(12(17)18-5)14-10(2)16/h9,11,13H,6-8H2,1-5H3,(H,14,16). The summed E-state index contributed by atoms with van der Waals surface area (Å²) in [7, 11) is 5.34. The van der Waals surface area contributed by atoms with Crippen LogP contribution in [0, 0.1) is 0 Å². The van der Waals surface area contributed by atoms with Crippen LogP contribution in [-0.2, 0) is 14.3 Å². The van der Waals surface area contributed by atoms with Gasteiger partial charge >= 0.3 is 5.97 Å². The number of nitrogens with one attached hydrogen (secondary N) is 2. The van der Waals surface area contributed by atoms with Crippen LogP contribution in [0.5, 0.6) is 0 Å². The molecule has 18 heavy (non-hydrogen) atoms. The molecule has 0 saturated carbocycles. The molecular weight excluding hydrogens is 234 g/mol. The van der Waals surface area contributed by atoms with E-state index in [9.17, 15) is 9.59 Å². The highest BCUT2D eigenvalue weighted by Gasteiger charge is 2.20. The van der Waals surface area contributed by atoms with Gasteiger partial charge in [0.25, 0.3) is 0 Å². The van der Waals surface area contributed by atoms with Gasteiger partial charge in [-0.3, -0.25) is 4.79 Å². The molecule has 0 rings (SSSR count). The Morgan fingerprint density at radius 3 is 2.39 bits per heavy atom. The van der Waals surface area contributed by atoms with Crippen LogP contribution in [0.25, 0.3) is 0 Å². The second-order valence-electron chi connectivity index (χ2n) is 4.68. The first kappa shape index (κ1) is 16.9. The molecule has 0 spiro atoms. The van der Waals surface area contributed by atoms with Crippen molar-refractivity contribution in [3.05, 3.63) is 0 Å². The number of rotatable bonds is 8. The van der Waals surface area contributed by atoms with Gasteiger partial charge in [-0.05, 0) is 34.0 Å². The van der Waals surface area contributed by atoms with Crippen LogP contribution in [0.1, 0.15) is 20.3 Å². The number of esters is 1. The highest BCUT2D eigenvalue weighted by atomic mass is 16.5. The Morgan fingerprint density at radius 1 is 1.33 bits per heavy atom. The predicted octanol–water partition coefficient (Wildman–Crippen LogP) is -0.406. The lowest BCUT2D eigenvalue weighted by atomic mass is 10.2.